The number of rotatable bonds is 7. The predicted molar refractivity (Wildman–Crippen MR) is 157 cm³/mol. The number of H-pyrrole nitrogens is 2. The summed E-state index contributed by atoms with van der Waals surface area (Å²) < 4.78 is 40.1. The maximum atomic E-state index is 14.6. The molecule has 1 fully saturated rings. The van der Waals surface area contributed by atoms with E-state index in [4.69, 9.17) is 10.7 Å². The maximum Gasteiger partial charge on any atom is 0.209 e. The van der Waals surface area contributed by atoms with Gasteiger partial charge in [-0.3, -0.25) is 20.1 Å². The van der Waals surface area contributed by atoms with E-state index in [2.05, 4.69) is 39.8 Å². The van der Waals surface area contributed by atoms with Crippen molar-refractivity contribution in [1.29, 1.82) is 0 Å². The largest absolute Gasteiger partial charge is 0.353 e. The zero-order valence-corrected chi connectivity index (χ0v) is 23.2. The van der Waals surface area contributed by atoms with Crippen molar-refractivity contribution in [2.75, 3.05) is 24.2 Å². The van der Waals surface area contributed by atoms with E-state index in [0.717, 1.165) is 52.7 Å². The van der Waals surface area contributed by atoms with Gasteiger partial charge in [-0.25, -0.2) is 22.5 Å². The Balaban J connectivity index is 1.26. The van der Waals surface area contributed by atoms with Crippen LogP contribution in [0.25, 0.3) is 55.8 Å². The lowest BCUT2D eigenvalue weighted by Gasteiger charge is -2.37. The number of fused-ring (bicyclic) bond motifs is 2. The lowest BCUT2D eigenvalue weighted by molar-refractivity contribution is 0.514. The third kappa shape index (κ3) is 4.95. The molecule has 5 aromatic heterocycles. The summed E-state index contributed by atoms with van der Waals surface area (Å²) in [4.78, 5) is 23.7. The average molecular weight is 585 g/mol. The molecule has 1 aliphatic heterocycles. The number of benzene rings is 1. The number of hydrogen-bond acceptors (Lipinski definition) is 9. The molecule has 12 nitrogen and oxygen atoms in total. The zero-order chi connectivity index (χ0) is 29.0. The van der Waals surface area contributed by atoms with Crippen molar-refractivity contribution in [3.05, 3.63) is 72.6 Å². The van der Waals surface area contributed by atoms with Crippen molar-refractivity contribution in [2.45, 2.75) is 12.6 Å². The van der Waals surface area contributed by atoms with E-state index in [1.807, 2.05) is 18.2 Å². The quantitative estimate of drug-likeness (QED) is 0.220. The van der Waals surface area contributed by atoms with Crippen LogP contribution in [0.1, 0.15) is 5.56 Å². The van der Waals surface area contributed by atoms with E-state index >= 15 is 0 Å². The molecule has 42 heavy (non-hydrogen) atoms. The van der Waals surface area contributed by atoms with Crippen molar-refractivity contribution < 1.29 is 12.8 Å². The van der Waals surface area contributed by atoms with E-state index in [1.54, 1.807) is 30.9 Å². The van der Waals surface area contributed by atoms with Crippen LogP contribution >= 0.6 is 0 Å². The first-order valence-electron chi connectivity index (χ1n) is 13.1. The molecular weight excluding hydrogens is 559 g/mol. The summed E-state index contributed by atoms with van der Waals surface area (Å²) in [6.45, 7) is 1.44. The molecule has 0 spiro atoms. The zero-order valence-electron chi connectivity index (χ0n) is 22.3. The molecule has 1 aromatic carbocycles. The van der Waals surface area contributed by atoms with Crippen LogP contribution in [0.5, 0.6) is 0 Å². The minimum Gasteiger partial charge on any atom is -0.353 e. The highest BCUT2D eigenvalue weighted by atomic mass is 32.2. The molecule has 212 valence electrons. The second kappa shape index (κ2) is 9.94. The van der Waals surface area contributed by atoms with Crippen LogP contribution in [0, 0.1) is 5.82 Å². The van der Waals surface area contributed by atoms with Gasteiger partial charge in [-0.15, -0.1) is 0 Å². The first kappa shape index (κ1) is 26.1. The molecule has 0 radical (unpaired) electrons. The second-order valence-electron chi connectivity index (χ2n) is 10.4. The highest BCUT2D eigenvalue weighted by molar-refractivity contribution is 7.88. The van der Waals surface area contributed by atoms with Gasteiger partial charge >= 0.3 is 0 Å². The number of aromatic nitrogens is 7. The summed E-state index contributed by atoms with van der Waals surface area (Å²) in [6, 6.07) is 10.2. The van der Waals surface area contributed by atoms with Crippen molar-refractivity contribution in [3.8, 4) is 34.0 Å². The smallest absolute Gasteiger partial charge is 0.209 e. The normalized spacial score (nSPS) is 14.1. The van der Waals surface area contributed by atoms with Gasteiger partial charge in [-0.1, -0.05) is 0 Å². The highest BCUT2D eigenvalue weighted by Gasteiger charge is 2.25. The monoisotopic (exact) mass is 584 g/mol. The number of nitrogens with one attached hydrogen (secondary N) is 3. The van der Waals surface area contributed by atoms with Gasteiger partial charge in [-0.05, 0) is 42.0 Å². The van der Waals surface area contributed by atoms with E-state index in [0.29, 0.717) is 33.9 Å². The first-order valence-corrected chi connectivity index (χ1v) is 15.0. The fourth-order valence-corrected chi connectivity index (χ4v) is 5.54. The van der Waals surface area contributed by atoms with Crippen LogP contribution in [0.15, 0.2) is 61.2 Å². The topological polar surface area (TPSA) is 171 Å². The Hall–Kier alpha value is -4.79. The number of nitrogens with two attached hydrogens (primary N) is 1. The predicted octanol–water partition coefficient (Wildman–Crippen LogP) is 2.96. The molecule has 14 heteroatoms. The maximum absolute atomic E-state index is 14.6. The number of nitrogens with zero attached hydrogens (tertiary/aromatic N) is 6. The van der Waals surface area contributed by atoms with E-state index in [1.165, 1.54) is 12.1 Å². The Morgan fingerprint density at radius 3 is 2.67 bits per heavy atom. The Labute approximate surface area is 239 Å². The van der Waals surface area contributed by atoms with Crippen molar-refractivity contribution in [3.63, 3.8) is 0 Å². The summed E-state index contributed by atoms with van der Waals surface area (Å²) in [5, 5.41) is 9.18. The third-order valence-electron chi connectivity index (χ3n) is 7.14. The number of pyridine rings is 2. The molecule has 1 aliphatic rings. The lowest BCUT2D eigenvalue weighted by atomic mass is 10.0. The summed E-state index contributed by atoms with van der Waals surface area (Å²) in [5.41, 5.74) is 11.7. The highest BCUT2D eigenvalue weighted by Crippen LogP contribution is 2.34. The Morgan fingerprint density at radius 1 is 1.02 bits per heavy atom. The molecule has 0 atom stereocenters. The molecule has 1 saturated heterocycles. The Bertz CT molecular complexity index is 2090. The fraction of sp³-hybridized carbons (Fsp3) is 0.179. The average Bonchev–Trinajstić information content (AvgIpc) is 3.57. The third-order valence-corrected chi connectivity index (χ3v) is 7.81. The minimum atomic E-state index is -3.44. The van der Waals surface area contributed by atoms with Gasteiger partial charge < -0.3 is 15.6 Å². The standard InChI is InChI=1S/C28H25FN10O2S/c1-42(40,41)34-9-15-4-16(6-17(29)5-15)27-19-8-23(35-21(19)2-3-32-27)28-20-7-22(33-11-24(20)37-38-28)25-10-31-12-26(36-25)39-13-18(30)14-39/h2-8,10-12,18,34-35H,9,13-14,30H2,1H3,(H,37,38). The number of halogens is 1. The minimum absolute atomic E-state index is 0.0353. The molecule has 5 N–H and O–H groups in total. The Morgan fingerprint density at radius 2 is 1.86 bits per heavy atom. The van der Waals surface area contributed by atoms with Crippen LogP contribution < -0.4 is 15.4 Å². The molecule has 7 rings (SSSR count). The summed E-state index contributed by atoms with van der Waals surface area (Å²) in [5.74, 6) is 0.265. The van der Waals surface area contributed by atoms with Gasteiger partial charge in [0.15, 0.2) is 0 Å². The van der Waals surface area contributed by atoms with Crippen LogP contribution in [-0.2, 0) is 16.6 Å². The summed E-state index contributed by atoms with van der Waals surface area (Å²) >= 11 is 0. The van der Waals surface area contributed by atoms with Gasteiger partial charge in [0.05, 0.1) is 47.4 Å². The molecule has 6 heterocycles. The van der Waals surface area contributed by atoms with E-state index in [-0.39, 0.29) is 12.6 Å². The number of sulfonamides is 1. The first-order chi connectivity index (χ1) is 20.2. The molecule has 0 amide bonds. The molecule has 0 aliphatic carbocycles. The van der Waals surface area contributed by atoms with Crippen LogP contribution in [0.2, 0.25) is 0 Å². The van der Waals surface area contributed by atoms with Gasteiger partial charge in [0.1, 0.15) is 23.0 Å². The fourth-order valence-electron chi connectivity index (χ4n) is 5.11. The van der Waals surface area contributed by atoms with Crippen molar-refractivity contribution in [1.82, 2.24) is 39.8 Å². The van der Waals surface area contributed by atoms with Crippen molar-refractivity contribution >= 4 is 37.6 Å². The second-order valence-corrected chi connectivity index (χ2v) is 12.2. The molecule has 0 bridgehead atoms. The SMILES string of the molecule is CS(=O)(=O)NCc1cc(F)cc(-c2nccc3[nH]c(-c4n[nH]c5cnc(-c6cncc(N7CC(N)C7)n6)cc45)cc23)c1. The molecule has 6 aromatic rings. The summed E-state index contributed by atoms with van der Waals surface area (Å²) in [7, 11) is -3.44. The van der Waals surface area contributed by atoms with Crippen LogP contribution in [-0.4, -0.2) is 68.9 Å². The van der Waals surface area contributed by atoms with Crippen molar-refractivity contribution in [2.24, 2.45) is 5.73 Å². The van der Waals surface area contributed by atoms with Crippen LogP contribution in [0.3, 0.4) is 0 Å². The molecular formula is C28H25FN10O2S. The lowest BCUT2D eigenvalue weighted by Crippen LogP contribution is -2.56. The summed E-state index contributed by atoms with van der Waals surface area (Å²) in [6.07, 6.45) is 7.80. The van der Waals surface area contributed by atoms with Gasteiger partial charge in [0, 0.05) is 53.7 Å². The number of hydrogen-bond donors (Lipinski definition) is 4. The van der Waals surface area contributed by atoms with Gasteiger partial charge in [0.2, 0.25) is 10.0 Å². The van der Waals surface area contributed by atoms with E-state index in [9.17, 15) is 12.8 Å². The Kier molecular flexibility index (Phi) is 6.18. The van der Waals surface area contributed by atoms with Gasteiger partial charge in [-0.2, -0.15) is 5.10 Å². The van der Waals surface area contributed by atoms with Crippen LogP contribution in [0.4, 0.5) is 10.2 Å². The number of anilines is 1. The van der Waals surface area contributed by atoms with E-state index < -0.39 is 15.8 Å². The van der Waals surface area contributed by atoms with Gasteiger partial charge in [0.25, 0.3) is 0 Å². The molecule has 0 unspecified atom stereocenters. The molecule has 0 saturated carbocycles. The number of aromatic amines is 2.